The van der Waals surface area contributed by atoms with E-state index >= 15 is 0 Å². The number of rotatable bonds is 3. The zero-order valence-corrected chi connectivity index (χ0v) is 21.4. The number of aromatic nitrogens is 5. The zero-order chi connectivity index (χ0) is 25.8. The SMILES string of the molecule is c1ccc(-c2nc(-c3ccc(-c4nc5ccccc5c5c4ccc4nsnc45)cc3)nc3ccccc23)cc1. The van der Waals surface area contributed by atoms with Gasteiger partial charge in [0, 0.05) is 38.2 Å². The van der Waals surface area contributed by atoms with E-state index < -0.39 is 0 Å². The van der Waals surface area contributed by atoms with Crippen LogP contribution in [0.15, 0.2) is 115 Å². The molecular weight excluding hydrogens is 498 g/mol. The van der Waals surface area contributed by atoms with Crippen LogP contribution < -0.4 is 0 Å². The van der Waals surface area contributed by atoms with Crippen molar-refractivity contribution in [1.29, 1.82) is 0 Å². The second kappa shape index (κ2) is 8.75. The van der Waals surface area contributed by atoms with E-state index in [1.165, 1.54) is 11.7 Å². The molecule has 0 aliphatic heterocycles. The number of hydrogen-bond donors (Lipinski definition) is 0. The average molecular weight is 518 g/mol. The molecule has 0 spiro atoms. The molecule has 0 atom stereocenters. The highest BCUT2D eigenvalue weighted by Crippen LogP contribution is 2.37. The molecule has 0 aliphatic rings. The smallest absolute Gasteiger partial charge is 0.160 e. The quantitative estimate of drug-likeness (QED) is 0.220. The molecule has 0 radical (unpaired) electrons. The minimum absolute atomic E-state index is 0.700. The Morgan fingerprint density at radius 2 is 1.05 bits per heavy atom. The summed E-state index contributed by atoms with van der Waals surface area (Å²) in [5.41, 5.74) is 8.61. The highest BCUT2D eigenvalue weighted by Gasteiger charge is 2.16. The van der Waals surface area contributed by atoms with Crippen LogP contribution in [0, 0.1) is 0 Å². The number of pyridine rings is 1. The van der Waals surface area contributed by atoms with Crippen molar-refractivity contribution in [2.45, 2.75) is 0 Å². The van der Waals surface area contributed by atoms with Gasteiger partial charge in [0.15, 0.2) is 5.82 Å². The Bertz CT molecular complexity index is 2170. The fraction of sp³-hybridized carbons (Fsp3) is 0. The van der Waals surface area contributed by atoms with Gasteiger partial charge in [-0.2, -0.15) is 8.75 Å². The van der Waals surface area contributed by atoms with Crippen LogP contribution in [0.2, 0.25) is 0 Å². The number of nitrogens with zero attached hydrogens (tertiary/aromatic N) is 5. The van der Waals surface area contributed by atoms with Gasteiger partial charge in [0.05, 0.1) is 34.1 Å². The van der Waals surface area contributed by atoms with E-state index in [0.29, 0.717) is 5.82 Å². The first-order valence-corrected chi connectivity index (χ1v) is 13.4. The standard InChI is InChI=1S/C33H19N5S/c1-2-8-20(9-3-1)30-24-11-5-7-13-27(24)35-33(36-30)22-16-14-21(15-17-22)31-25-18-19-28-32(38-39-37-28)29(25)23-10-4-6-12-26(23)34-31/h1-19H. The molecule has 6 heteroatoms. The van der Waals surface area contributed by atoms with Crippen molar-refractivity contribution < 1.29 is 0 Å². The van der Waals surface area contributed by atoms with E-state index in [9.17, 15) is 0 Å². The van der Waals surface area contributed by atoms with Crippen LogP contribution in [0.1, 0.15) is 0 Å². The highest BCUT2D eigenvalue weighted by atomic mass is 32.1. The maximum atomic E-state index is 5.09. The number of fused-ring (bicyclic) bond motifs is 6. The van der Waals surface area contributed by atoms with E-state index in [0.717, 1.165) is 71.7 Å². The maximum Gasteiger partial charge on any atom is 0.160 e. The third-order valence-corrected chi connectivity index (χ3v) is 7.70. The Hall–Kier alpha value is -5.07. The van der Waals surface area contributed by atoms with Gasteiger partial charge >= 0.3 is 0 Å². The van der Waals surface area contributed by atoms with E-state index in [4.69, 9.17) is 15.0 Å². The van der Waals surface area contributed by atoms with Gasteiger partial charge in [-0.05, 0) is 24.3 Å². The summed E-state index contributed by atoms with van der Waals surface area (Å²) in [6.45, 7) is 0. The third kappa shape index (κ3) is 3.57. The predicted octanol–water partition coefficient (Wildman–Crippen LogP) is 8.34. The monoisotopic (exact) mass is 517 g/mol. The fourth-order valence-electron chi connectivity index (χ4n) is 5.30. The number of benzene rings is 5. The summed E-state index contributed by atoms with van der Waals surface area (Å²) >= 11 is 1.24. The Kier molecular flexibility index (Phi) is 4.93. The molecule has 0 bridgehead atoms. The summed E-state index contributed by atoms with van der Waals surface area (Å²) in [6.07, 6.45) is 0. The molecule has 0 amide bonds. The number of hydrogen-bond acceptors (Lipinski definition) is 6. The zero-order valence-electron chi connectivity index (χ0n) is 20.6. The van der Waals surface area contributed by atoms with Gasteiger partial charge in [-0.3, -0.25) is 0 Å². The molecule has 0 unspecified atom stereocenters. The van der Waals surface area contributed by atoms with Gasteiger partial charge in [0.25, 0.3) is 0 Å². The topological polar surface area (TPSA) is 64.5 Å². The Morgan fingerprint density at radius 3 is 1.87 bits per heavy atom. The second-order valence-corrected chi connectivity index (χ2v) is 9.98. The Morgan fingerprint density at radius 1 is 0.410 bits per heavy atom. The Labute approximate surface area is 227 Å². The van der Waals surface area contributed by atoms with Crippen molar-refractivity contribution >= 4 is 55.3 Å². The van der Waals surface area contributed by atoms with Crippen molar-refractivity contribution in [3.05, 3.63) is 115 Å². The molecule has 0 aliphatic carbocycles. The van der Waals surface area contributed by atoms with E-state index in [2.05, 4.69) is 69.4 Å². The first-order valence-electron chi connectivity index (χ1n) is 12.7. The third-order valence-electron chi connectivity index (χ3n) is 7.16. The molecule has 0 fully saturated rings. The number of para-hydroxylation sites is 2. The minimum Gasteiger partial charge on any atom is -0.247 e. The highest BCUT2D eigenvalue weighted by molar-refractivity contribution is 7.00. The molecule has 39 heavy (non-hydrogen) atoms. The van der Waals surface area contributed by atoms with Crippen LogP contribution in [-0.4, -0.2) is 23.7 Å². The van der Waals surface area contributed by atoms with Crippen molar-refractivity contribution in [1.82, 2.24) is 23.7 Å². The van der Waals surface area contributed by atoms with Crippen LogP contribution in [0.4, 0.5) is 0 Å². The minimum atomic E-state index is 0.700. The van der Waals surface area contributed by atoms with Gasteiger partial charge in [0.2, 0.25) is 0 Å². The van der Waals surface area contributed by atoms with E-state index in [1.807, 2.05) is 54.6 Å². The normalized spacial score (nSPS) is 11.6. The fourth-order valence-corrected chi connectivity index (χ4v) is 5.85. The molecule has 0 N–H and O–H groups in total. The summed E-state index contributed by atoms with van der Waals surface area (Å²) in [7, 11) is 0. The van der Waals surface area contributed by atoms with Crippen molar-refractivity contribution in [2.24, 2.45) is 0 Å². The van der Waals surface area contributed by atoms with Gasteiger partial charge in [-0.25, -0.2) is 15.0 Å². The van der Waals surface area contributed by atoms with E-state index in [1.54, 1.807) is 0 Å². The van der Waals surface area contributed by atoms with Gasteiger partial charge in [0.1, 0.15) is 11.0 Å². The molecule has 5 aromatic carbocycles. The lowest BCUT2D eigenvalue weighted by atomic mass is 9.98. The van der Waals surface area contributed by atoms with E-state index in [-0.39, 0.29) is 0 Å². The molecule has 8 aromatic rings. The second-order valence-electron chi connectivity index (χ2n) is 9.45. The lowest BCUT2D eigenvalue weighted by molar-refractivity contribution is 1.23. The first kappa shape index (κ1) is 22.0. The maximum absolute atomic E-state index is 5.09. The van der Waals surface area contributed by atoms with Gasteiger partial charge < -0.3 is 0 Å². The van der Waals surface area contributed by atoms with Crippen LogP contribution in [0.25, 0.3) is 77.5 Å². The summed E-state index contributed by atoms with van der Waals surface area (Å²) in [5.74, 6) is 0.700. The molecule has 3 heterocycles. The van der Waals surface area contributed by atoms with Crippen molar-refractivity contribution in [2.75, 3.05) is 0 Å². The lowest BCUT2D eigenvalue weighted by Gasteiger charge is -2.12. The summed E-state index contributed by atoms with van der Waals surface area (Å²) in [4.78, 5) is 15.0. The predicted molar refractivity (Wildman–Crippen MR) is 160 cm³/mol. The summed E-state index contributed by atoms with van der Waals surface area (Å²) in [6, 6.07) is 39.2. The van der Waals surface area contributed by atoms with Crippen LogP contribution in [0.5, 0.6) is 0 Å². The molecule has 5 nitrogen and oxygen atoms in total. The van der Waals surface area contributed by atoms with Crippen LogP contribution in [-0.2, 0) is 0 Å². The average Bonchev–Trinajstić information content (AvgIpc) is 3.50. The van der Waals surface area contributed by atoms with Crippen molar-refractivity contribution in [3.8, 4) is 33.9 Å². The van der Waals surface area contributed by atoms with Gasteiger partial charge in [-0.1, -0.05) is 91.0 Å². The molecule has 0 saturated heterocycles. The van der Waals surface area contributed by atoms with Crippen molar-refractivity contribution in [3.63, 3.8) is 0 Å². The summed E-state index contributed by atoms with van der Waals surface area (Å²) in [5, 5.41) is 4.29. The molecule has 3 aromatic heterocycles. The first-order chi connectivity index (χ1) is 19.3. The molecule has 182 valence electrons. The van der Waals surface area contributed by atoms with Crippen LogP contribution in [0.3, 0.4) is 0 Å². The molecule has 8 rings (SSSR count). The largest absolute Gasteiger partial charge is 0.247 e. The summed E-state index contributed by atoms with van der Waals surface area (Å²) < 4.78 is 9.10. The van der Waals surface area contributed by atoms with Crippen LogP contribution >= 0.6 is 11.7 Å². The molecule has 0 saturated carbocycles. The molecular formula is C33H19N5S. The Balaban J connectivity index is 1.30. The lowest BCUT2D eigenvalue weighted by Crippen LogP contribution is -1.95. The van der Waals surface area contributed by atoms with Gasteiger partial charge in [-0.15, -0.1) is 0 Å².